The summed E-state index contributed by atoms with van der Waals surface area (Å²) in [4.78, 5) is 6.79. The van der Waals surface area contributed by atoms with Crippen molar-refractivity contribution in [3.8, 4) is 0 Å². The monoisotopic (exact) mass is 272 g/mol. The molecule has 15 heavy (non-hydrogen) atoms. The van der Waals surface area contributed by atoms with Crippen LogP contribution in [0.25, 0.3) is 0 Å². The highest BCUT2D eigenvalue weighted by atomic mass is 79.9. The fourth-order valence-electron chi connectivity index (χ4n) is 2.12. The molecule has 3 nitrogen and oxygen atoms in total. The summed E-state index contributed by atoms with van der Waals surface area (Å²) >= 11 is 3.29. The second-order valence-corrected chi connectivity index (χ2v) is 5.19. The van der Waals surface area contributed by atoms with E-state index in [4.69, 9.17) is 4.42 Å². The molecular formula is C11H17BrN2O. The van der Waals surface area contributed by atoms with Crippen LogP contribution in [0.3, 0.4) is 0 Å². The molecule has 1 aromatic heterocycles. The van der Waals surface area contributed by atoms with Gasteiger partial charge in [-0.15, -0.1) is 0 Å². The molecule has 1 saturated heterocycles. The Labute approximate surface area is 99.0 Å². The van der Waals surface area contributed by atoms with E-state index in [0.29, 0.717) is 12.0 Å². The molecule has 0 radical (unpaired) electrons. The SMILES string of the molecule is CC(C)N1CCC(c2ncc(Br)o2)CC1. The molecule has 1 aliphatic heterocycles. The van der Waals surface area contributed by atoms with Gasteiger partial charge in [-0.25, -0.2) is 4.98 Å². The highest BCUT2D eigenvalue weighted by Crippen LogP contribution is 2.29. The number of rotatable bonds is 2. The van der Waals surface area contributed by atoms with Crippen LogP contribution in [0, 0.1) is 0 Å². The van der Waals surface area contributed by atoms with E-state index in [1.165, 1.54) is 0 Å². The normalized spacial score (nSPS) is 20.0. The first kappa shape index (κ1) is 11.1. The van der Waals surface area contributed by atoms with Crippen LogP contribution < -0.4 is 0 Å². The Hall–Kier alpha value is -0.350. The average Bonchev–Trinajstić information content (AvgIpc) is 2.65. The standard InChI is InChI=1S/C11H17BrN2O/c1-8(2)14-5-3-9(4-6-14)11-13-7-10(12)15-11/h7-9H,3-6H2,1-2H3. The predicted molar refractivity (Wildman–Crippen MR) is 62.9 cm³/mol. The summed E-state index contributed by atoms with van der Waals surface area (Å²) in [5, 5.41) is 0. The highest BCUT2D eigenvalue weighted by molar-refractivity contribution is 9.10. The first-order valence-electron chi connectivity index (χ1n) is 5.52. The Balaban J connectivity index is 1.93. The summed E-state index contributed by atoms with van der Waals surface area (Å²) < 4.78 is 6.25. The molecule has 0 amide bonds. The van der Waals surface area contributed by atoms with Crippen LogP contribution in [-0.2, 0) is 0 Å². The van der Waals surface area contributed by atoms with E-state index in [2.05, 4.69) is 39.7 Å². The van der Waals surface area contributed by atoms with Gasteiger partial charge in [-0.05, 0) is 55.7 Å². The van der Waals surface area contributed by atoms with E-state index in [1.807, 2.05) is 0 Å². The summed E-state index contributed by atoms with van der Waals surface area (Å²) in [6, 6.07) is 0.655. The smallest absolute Gasteiger partial charge is 0.198 e. The third-order valence-electron chi connectivity index (χ3n) is 3.10. The van der Waals surface area contributed by atoms with Gasteiger partial charge in [0.1, 0.15) is 0 Å². The van der Waals surface area contributed by atoms with Crippen molar-refractivity contribution in [2.24, 2.45) is 0 Å². The molecule has 2 heterocycles. The Kier molecular flexibility index (Phi) is 3.46. The number of oxazole rings is 1. The van der Waals surface area contributed by atoms with Crippen molar-refractivity contribution in [3.63, 3.8) is 0 Å². The zero-order valence-corrected chi connectivity index (χ0v) is 10.8. The third kappa shape index (κ3) is 2.61. The zero-order chi connectivity index (χ0) is 10.8. The van der Waals surface area contributed by atoms with E-state index in [0.717, 1.165) is 36.5 Å². The average molecular weight is 273 g/mol. The van der Waals surface area contributed by atoms with Crippen LogP contribution in [0.5, 0.6) is 0 Å². The van der Waals surface area contributed by atoms with Crippen molar-refractivity contribution < 1.29 is 4.42 Å². The lowest BCUT2D eigenvalue weighted by Crippen LogP contribution is -2.37. The van der Waals surface area contributed by atoms with E-state index in [1.54, 1.807) is 6.20 Å². The Morgan fingerprint density at radius 3 is 2.60 bits per heavy atom. The van der Waals surface area contributed by atoms with Gasteiger partial charge in [-0.1, -0.05) is 0 Å². The maximum absolute atomic E-state index is 5.51. The highest BCUT2D eigenvalue weighted by Gasteiger charge is 2.24. The summed E-state index contributed by atoms with van der Waals surface area (Å²) in [5.74, 6) is 1.40. The number of piperidine rings is 1. The van der Waals surface area contributed by atoms with Gasteiger partial charge in [0, 0.05) is 12.0 Å². The Bertz CT molecular complexity index is 316. The molecule has 1 aliphatic rings. The lowest BCUT2D eigenvalue weighted by atomic mass is 9.96. The minimum absolute atomic E-state index is 0.506. The lowest BCUT2D eigenvalue weighted by Gasteiger charge is -2.33. The van der Waals surface area contributed by atoms with Crippen molar-refractivity contribution in [2.45, 2.75) is 38.6 Å². The van der Waals surface area contributed by atoms with Gasteiger partial charge in [0.2, 0.25) is 0 Å². The maximum Gasteiger partial charge on any atom is 0.198 e. The van der Waals surface area contributed by atoms with Gasteiger partial charge >= 0.3 is 0 Å². The van der Waals surface area contributed by atoms with E-state index in [9.17, 15) is 0 Å². The fourth-order valence-corrected chi connectivity index (χ4v) is 2.39. The predicted octanol–water partition coefficient (Wildman–Crippen LogP) is 3.02. The van der Waals surface area contributed by atoms with Gasteiger partial charge in [-0.3, -0.25) is 0 Å². The van der Waals surface area contributed by atoms with Crippen molar-refractivity contribution >= 4 is 15.9 Å². The van der Waals surface area contributed by atoms with Crippen molar-refractivity contribution in [1.82, 2.24) is 9.88 Å². The molecule has 0 unspecified atom stereocenters. The summed E-state index contributed by atoms with van der Waals surface area (Å²) in [7, 11) is 0. The molecule has 1 aromatic rings. The van der Waals surface area contributed by atoms with Gasteiger partial charge < -0.3 is 9.32 Å². The van der Waals surface area contributed by atoms with E-state index >= 15 is 0 Å². The molecular weight excluding hydrogens is 256 g/mol. The molecule has 0 bridgehead atoms. The minimum atomic E-state index is 0.506. The number of hydrogen-bond donors (Lipinski definition) is 0. The quantitative estimate of drug-likeness (QED) is 0.829. The fraction of sp³-hybridized carbons (Fsp3) is 0.727. The molecule has 0 N–H and O–H groups in total. The molecule has 1 fully saturated rings. The van der Waals surface area contributed by atoms with Crippen LogP contribution >= 0.6 is 15.9 Å². The zero-order valence-electron chi connectivity index (χ0n) is 9.24. The van der Waals surface area contributed by atoms with Crippen LogP contribution in [0.15, 0.2) is 15.3 Å². The van der Waals surface area contributed by atoms with Crippen molar-refractivity contribution in [1.29, 1.82) is 0 Å². The molecule has 0 spiro atoms. The van der Waals surface area contributed by atoms with Gasteiger partial charge in [0.25, 0.3) is 0 Å². The molecule has 0 aliphatic carbocycles. The Morgan fingerprint density at radius 2 is 2.13 bits per heavy atom. The molecule has 2 rings (SSSR count). The number of hydrogen-bond acceptors (Lipinski definition) is 3. The number of halogens is 1. The minimum Gasteiger partial charge on any atom is -0.434 e. The number of likely N-dealkylation sites (tertiary alicyclic amines) is 1. The van der Waals surface area contributed by atoms with E-state index < -0.39 is 0 Å². The molecule has 0 atom stereocenters. The Morgan fingerprint density at radius 1 is 1.47 bits per heavy atom. The van der Waals surface area contributed by atoms with Crippen LogP contribution in [-0.4, -0.2) is 29.0 Å². The van der Waals surface area contributed by atoms with Gasteiger partial charge in [0.05, 0.1) is 6.20 Å². The molecule has 0 aromatic carbocycles. The largest absolute Gasteiger partial charge is 0.434 e. The van der Waals surface area contributed by atoms with Crippen molar-refractivity contribution in [3.05, 3.63) is 16.8 Å². The second kappa shape index (κ2) is 4.66. The summed E-state index contributed by atoms with van der Waals surface area (Å²) in [6.07, 6.45) is 4.06. The van der Waals surface area contributed by atoms with Crippen molar-refractivity contribution in [2.75, 3.05) is 13.1 Å². The summed E-state index contributed by atoms with van der Waals surface area (Å²) in [5.41, 5.74) is 0. The lowest BCUT2D eigenvalue weighted by molar-refractivity contribution is 0.162. The molecule has 4 heteroatoms. The third-order valence-corrected chi connectivity index (χ3v) is 3.47. The van der Waals surface area contributed by atoms with Gasteiger partial charge in [-0.2, -0.15) is 0 Å². The maximum atomic E-state index is 5.51. The molecule has 84 valence electrons. The van der Waals surface area contributed by atoms with Gasteiger partial charge in [0.15, 0.2) is 10.6 Å². The van der Waals surface area contributed by atoms with Crippen LogP contribution in [0.4, 0.5) is 0 Å². The first-order valence-corrected chi connectivity index (χ1v) is 6.31. The topological polar surface area (TPSA) is 29.3 Å². The molecule has 0 saturated carbocycles. The van der Waals surface area contributed by atoms with Crippen LogP contribution in [0.2, 0.25) is 0 Å². The second-order valence-electron chi connectivity index (χ2n) is 4.41. The van der Waals surface area contributed by atoms with E-state index in [-0.39, 0.29) is 0 Å². The summed E-state index contributed by atoms with van der Waals surface area (Å²) in [6.45, 7) is 6.81. The van der Waals surface area contributed by atoms with Crippen LogP contribution in [0.1, 0.15) is 38.5 Å². The number of nitrogens with zero attached hydrogens (tertiary/aromatic N) is 2. The first-order chi connectivity index (χ1) is 7.16. The number of aromatic nitrogens is 1.